The monoisotopic (exact) mass is 327 g/mol. The van der Waals surface area contributed by atoms with E-state index in [1.54, 1.807) is 10.9 Å². The number of alkyl halides is 3. The molecule has 1 aliphatic rings. The highest BCUT2D eigenvalue weighted by Crippen LogP contribution is 2.28. The number of hydrogen-bond acceptors (Lipinski definition) is 5. The second-order valence-corrected chi connectivity index (χ2v) is 5.53. The maximum atomic E-state index is 12.8. The lowest BCUT2D eigenvalue weighted by atomic mass is 10.1. The molecule has 1 saturated heterocycles. The summed E-state index contributed by atoms with van der Waals surface area (Å²) in [4.78, 5) is 7.64. The van der Waals surface area contributed by atoms with E-state index in [2.05, 4.69) is 20.3 Å². The molecule has 0 radical (unpaired) electrons. The maximum absolute atomic E-state index is 12.8. The van der Waals surface area contributed by atoms with Crippen LogP contribution in [0.15, 0.2) is 12.3 Å². The highest BCUT2D eigenvalue weighted by molar-refractivity contribution is 5.13. The molecule has 3 rings (SSSR count). The van der Waals surface area contributed by atoms with Gasteiger partial charge in [-0.05, 0) is 19.4 Å². The lowest BCUT2D eigenvalue weighted by Gasteiger charge is -2.08. The van der Waals surface area contributed by atoms with Crippen LogP contribution in [0.25, 0.3) is 0 Å². The summed E-state index contributed by atoms with van der Waals surface area (Å²) >= 11 is 0. The molecule has 23 heavy (non-hydrogen) atoms. The van der Waals surface area contributed by atoms with Crippen molar-refractivity contribution in [2.45, 2.75) is 38.4 Å². The van der Waals surface area contributed by atoms with Crippen molar-refractivity contribution >= 4 is 0 Å². The highest BCUT2D eigenvalue weighted by atomic mass is 19.4. The van der Waals surface area contributed by atoms with Gasteiger partial charge in [0.25, 0.3) is 0 Å². The van der Waals surface area contributed by atoms with Crippen molar-refractivity contribution in [3.05, 3.63) is 35.2 Å². The van der Waals surface area contributed by atoms with Gasteiger partial charge in [0.15, 0.2) is 0 Å². The van der Waals surface area contributed by atoms with Crippen LogP contribution >= 0.6 is 0 Å². The zero-order chi connectivity index (χ0) is 16.4. The van der Waals surface area contributed by atoms with Gasteiger partial charge < -0.3 is 4.74 Å². The van der Waals surface area contributed by atoms with Crippen molar-refractivity contribution in [2.24, 2.45) is 0 Å². The number of halogens is 3. The first-order chi connectivity index (χ1) is 10.9. The average Bonchev–Trinajstić information content (AvgIpc) is 3.15. The third-order valence-electron chi connectivity index (χ3n) is 3.66. The van der Waals surface area contributed by atoms with E-state index >= 15 is 0 Å². The van der Waals surface area contributed by atoms with Gasteiger partial charge in [-0.2, -0.15) is 13.2 Å². The number of hydrogen-bond donors (Lipinski definition) is 0. The van der Waals surface area contributed by atoms with Crippen LogP contribution in [-0.2, 0) is 23.9 Å². The number of nitrogens with zero attached hydrogens (tertiary/aromatic N) is 5. The highest BCUT2D eigenvalue weighted by Gasteiger charge is 2.33. The molecule has 1 fully saturated rings. The van der Waals surface area contributed by atoms with E-state index in [0.717, 1.165) is 24.8 Å². The topological polar surface area (TPSA) is 65.7 Å². The van der Waals surface area contributed by atoms with Crippen molar-refractivity contribution in [3.63, 3.8) is 0 Å². The van der Waals surface area contributed by atoms with E-state index in [0.29, 0.717) is 18.8 Å². The normalized spacial score (nSPS) is 18.5. The van der Waals surface area contributed by atoms with Gasteiger partial charge in [-0.25, -0.2) is 9.97 Å². The Hall–Kier alpha value is -2.03. The van der Waals surface area contributed by atoms with Gasteiger partial charge in [0.2, 0.25) is 0 Å². The number of ether oxygens (including phenoxy) is 1. The molecule has 3 heterocycles. The van der Waals surface area contributed by atoms with Crippen LogP contribution in [0.5, 0.6) is 0 Å². The van der Waals surface area contributed by atoms with E-state index < -0.39 is 11.9 Å². The molecular weight excluding hydrogens is 311 g/mol. The lowest BCUT2D eigenvalue weighted by molar-refractivity contribution is -0.141. The Kier molecular flexibility index (Phi) is 4.29. The smallest absolute Gasteiger partial charge is 0.381 e. The van der Waals surface area contributed by atoms with Crippen LogP contribution in [0, 0.1) is 6.92 Å². The molecule has 1 unspecified atom stereocenters. The molecule has 1 atom stereocenters. The Morgan fingerprint density at radius 2 is 2.17 bits per heavy atom. The summed E-state index contributed by atoms with van der Waals surface area (Å²) in [7, 11) is 0. The SMILES string of the molecule is Cc1cc(C(F)(F)F)nc(CCn2cc(C3CCOC3)nn2)n1. The molecule has 0 saturated carbocycles. The molecular formula is C14H16F3N5O. The fraction of sp³-hybridized carbons (Fsp3) is 0.571. The van der Waals surface area contributed by atoms with Crippen LogP contribution in [0.1, 0.15) is 35.2 Å². The van der Waals surface area contributed by atoms with Crippen molar-refractivity contribution < 1.29 is 17.9 Å². The molecule has 2 aromatic heterocycles. The molecule has 0 aromatic carbocycles. The summed E-state index contributed by atoms with van der Waals surface area (Å²) < 4.78 is 45.2. The zero-order valence-electron chi connectivity index (χ0n) is 12.5. The van der Waals surface area contributed by atoms with Crippen molar-refractivity contribution in [2.75, 3.05) is 13.2 Å². The van der Waals surface area contributed by atoms with Gasteiger partial charge in [-0.1, -0.05) is 5.21 Å². The summed E-state index contributed by atoms with van der Waals surface area (Å²) in [6, 6.07) is 0.942. The number of aryl methyl sites for hydroxylation is 3. The van der Waals surface area contributed by atoms with Gasteiger partial charge in [-0.3, -0.25) is 4.68 Å². The molecule has 0 bridgehead atoms. The maximum Gasteiger partial charge on any atom is 0.433 e. The van der Waals surface area contributed by atoms with Gasteiger partial charge in [0.1, 0.15) is 11.5 Å². The van der Waals surface area contributed by atoms with Crippen LogP contribution in [0.2, 0.25) is 0 Å². The minimum atomic E-state index is -4.47. The summed E-state index contributed by atoms with van der Waals surface area (Å²) in [6.45, 7) is 3.25. The summed E-state index contributed by atoms with van der Waals surface area (Å²) in [6.07, 6.45) is -1.49. The van der Waals surface area contributed by atoms with E-state index in [9.17, 15) is 13.2 Å². The van der Waals surface area contributed by atoms with Crippen LogP contribution < -0.4 is 0 Å². The van der Waals surface area contributed by atoms with Crippen LogP contribution in [-0.4, -0.2) is 38.2 Å². The first-order valence-corrected chi connectivity index (χ1v) is 7.31. The third kappa shape index (κ3) is 3.84. The molecule has 2 aromatic rings. The zero-order valence-corrected chi connectivity index (χ0v) is 12.5. The second kappa shape index (κ2) is 6.23. The number of rotatable bonds is 4. The molecule has 9 heteroatoms. The average molecular weight is 327 g/mol. The Morgan fingerprint density at radius 3 is 2.87 bits per heavy atom. The predicted octanol–water partition coefficient (Wildman–Crippen LogP) is 2.14. The largest absolute Gasteiger partial charge is 0.433 e. The van der Waals surface area contributed by atoms with E-state index in [1.807, 2.05) is 0 Å². The Balaban J connectivity index is 1.67. The van der Waals surface area contributed by atoms with Crippen molar-refractivity contribution in [1.82, 2.24) is 25.0 Å². The molecule has 1 aliphatic heterocycles. The second-order valence-electron chi connectivity index (χ2n) is 5.53. The third-order valence-corrected chi connectivity index (χ3v) is 3.66. The summed E-state index contributed by atoms with van der Waals surface area (Å²) in [5.74, 6) is 0.398. The van der Waals surface area contributed by atoms with Gasteiger partial charge in [0, 0.05) is 37.4 Å². The Morgan fingerprint density at radius 1 is 1.35 bits per heavy atom. The first-order valence-electron chi connectivity index (χ1n) is 7.31. The van der Waals surface area contributed by atoms with Crippen molar-refractivity contribution in [3.8, 4) is 0 Å². The minimum absolute atomic E-state index is 0.151. The Labute approximate surface area is 130 Å². The van der Waals surface area contributed by atoms with Crippen LogP contribution in [0.4, 0.5) is 13.2 Å². The first kappa shape index (κ1) is 15.9. The molecule has 6 nitrogen and oxygen atoms in total. The Bertz CT molecular complexity index is 679. The van der Waals surface area contributed by atoms with E-state index in [4.69, 9.17) is 4.74 Å². The number of aromatic nitrogens is 5. The molecule has 0 spiro atoms. The fourth-order valence-electron chi connectivity index (χ4n) is 2.48. The lowest BCUT2D eigenvalue weighted by Crippen LogP contribution is -2.13. The predicted molar refractivity (Wildman–Crippen MR) is 73.7 cm³/mol. The summed E-state index contributed by atoms with van der Waals surface area (Å²) in [5.41, 5.74) is 0.232. The molecule has 0 N–H and O–H groups in total. The standard InChI is InChI=1S/C14H16F3N5O/c1-9-6-12(14(15,16)17)19-13(18-9)2-4-22-7-11(20-21-22)10-3-5-23-8-10/h6-7,10H,2-5,8H2,1H3. The van der Waals surface area contributed by atoms with Crippen molar-refractivity contribution in [1.29, 1.82) is 0 Å². The van der Waals surface area contributed by atoms with Gasteiger partial charge in [-0.15, -0.1) is 5.10 Å². The molecule has 0 amide bonds. The molecule has 0 aliphatic carbocycles. The molecule has 124 valence electrons. The van der Waals surface area contributed by atoms with Crippen LogP contribution in [0.3, 0.4) is 0 Å². The fourth-order valence-corrected chi connectivity index (χ4v) is 2.48. The van der Waals surface area contributed by atoms with Gasteiger partial charge in [0.05, 0.1) is 12.3 Å². The summed E-state index contributed by atoms with van der Waals surface area (Å²) in [5, 5.41) is 8.10. The quantitative estimate of drug-likeness (QED) is 0.861. The van der Waals surface area contributed by atoms with E-state index in [1.165, 1.54) is 6.92 Å². The van der Waals surface area contributed by atoms with E-state index in [-0.39, 0.29) is 18.2 Å². The van der Waals surface area contributed by atoms with Gasteiger partial charge >= 0.3 is 6.18 Å². The minimum Gasteiger partial charge on any atom is -0.381 e.